The Morgan fingerprint density at radius 3 is 2.72 bits per heavy atom. The molecule has 1 heterocycles. The SMILES string of the molecule is Cc1c(F)cccc1Nc1nc(N)c(Cl)cc1Cl. The second kappa shape index (κ2) is 5.00. The van der Waals surface area contributed by atoms with E-state index in [9.17, 15) is 4.39 Å². The van der Waals surface area contributed by atoms with E-state index in [1.807, 2.05) is 0 Å². The quantitative estimate of drug-likeness (QED) is 0.871. The maximum absolute atomic E-state index is 13.4. The summed E-state index contributed by atoms with van der Waals surface area (Å²) in [5, 5.41) is 3.52. The third-order valence-corrected chi connectivity index (χ3v) is 3.07. The standard InChI is InChI=1S/C12H10Cl2FN3/c1-6-9(15)3-2-4-10(6)17-12-8(14)5-7(13)11(16)18-12/h2-5H,1H3,(H3,16,17,18). The topological polar surface area (TPSA) is 50.9 Å². The molecule has 0 saturated heterocycles. The monoisotopic (exact) mass is 285 g/mol. The van der Waals surface area contributed by atoms with Crippen LogP contribution < -0.4 is 11.1 Å². The smallest absolute Gasteiger partial charge is 0.151 e. The summed E-state index contributed by atoms with van der Waals surface area (Å²) < 4.78 is 13.4. The Morgan fingerprint density at radius 1 is 1.28 bits per heavy atom. The molecule has 94 valence electrons. The zero-order valence-electron chi connectivity index (χ0n) is 9.47. The molecule has 1 aromatic heterocycles. The number of halogens is 3. The highest BCUT2D eigenvalue weighted by Crippen LogP contribution is 2.30. The highest BCUT2D eigenvalue weighted by Gasteiger charge is 2.09. The van der Waals surface area contributed by atoms with Crippen molar-refractivity contribution in [2.24, 2.45) is 0 Å². The molecule has 18 heavy (non-hydrogen) atoms. The molecule has 1 aromatic carbocycles. The minimum Gasteiger partial charge on any atom is -0.382 e. The number of anilines is 3. The van der Waals surface area contributed by atoms with Gasteiger partial charge in [-0.05, 0) is 25.1 Å². The first-order valence-corrected chi connectivity index (χ1v) is 5.88. The van der Waals surface area contributed by atoms with Gasteiger partial charge in [-0.15, -0.1) is 0 Å². The second-order valence-corrected chi connectivity index (χ2v) is 4.54. The van der Waals surface area contributed by atoms with Crippen LogP contribution in [0.25, 0.3) is 0 Å². The van der Waals surface area contributed by atoms with Crippen LogP contribution in [0.3, 0.4) is 0 Å². The van der Waals surface area contributed by atoms with E-state index in [4.69, 9.17) is 28.9 Å². The molecule has 2 rings (SSSR count). The van der Waals surface area contributed by atoms with E-state index in [1.54, 1.807) is 19.1 Å². The third kappa shape index (κ3) is 2.49. The number of nitrogens with two attached hydrogens (primary N) is 1. The molecule has 0 unspecified atom stereocenters. The van der Waals surface area contributed by atoms with Crippen molar-refractivity contribution in [2.75, 3.05) is 11.1 Å². The van der Waals surface area contributed by atoms with E-state index in [-0.39, 0.29) is 16.7 Å². The van der Waals surface area contributed by atoms with Crippen molar-refractivity contribution in [1.82, 2.24) is 4.98 Å². The average molecular weight is 286 g/mol. The highest BCUT2D eigenvalue weighted by molar-refractivity contribution is 6.37. The van der Waals surface area contributed by atoms with Gasteiger partial charge in [-0.2, -0.15) is 0 Å². The summed E-state index contributed by atoms with van der Waals surface area (Å²) in [5.41, 5.74) is 6.65. The number of benzene rings is 1. The zero-order chi connectivity index (χ0) is 13.3. The normalized spacial score (nSPS) is 10.4. The van der Waals surface area contributed by atoms with Crippen molar-refractivity contribution in [3.05, 3.63) is 45.7 Å². The minimum absolute atomic E-state index is 0.164. The lowest BCUT2D eigenvalue weighted by Gasteiger charge is -2.11. The van der Waals surface area contributed by atoms with Crippen molar-refractivity contribution in [1.29, 1.82) is 0 Å². The van der Waals surface area contributed by atoms with Crippen molar-refractivity contribution in [2.45, 2.75) is 6.92 Å². The molecule has 0 aliphatic heterocycles. The fourth-order valence-electron chi connectivity index (χ4n) is 1.44. The van der Waals surface area contributed by atoms with Gasteiger partial charge in [0.15, 0.2) is 5.82 Å². The van der Waals surface area contributed by atoms with Crippen LogP contribution in [0.4, 0.5) is 21.7 Å². The Hall–Kier alpha value is -1.52. The third-order valence-electron chi connectivity index (χ3n) is 2.48. The summed E-state index contributed by atoms with van der Waals surface area (Å²) >= 11 is 11.8. The van der Waals surface area contributed by atoms with Crippen LogP contribution in [-0.2, 0) is 0 Å². The number of hydrogen-bond acceptors (Lipinski definition) is 3. The Kier molecular flexibility index (Phi) is 3.59. The van der Waals surface area contributed by atoms with E-state index in [0.717, 1.165) is 0 Å². The molecule has 0 atom stereocenters. The first kappa shape index (κ1) is 12.9. The maximum atomic E-state index is 13.4. The van der Waals surface area contributed by atoms with Gasteiger partial charge >= 0.3 is 0 Å². The van der Waals surface area contributed by atoms with E-state index < -0.39 is 0 Å². The van der Waals surface area contributed by atoms with E-state index in [2.05, 4.69) is 10.3 Å². The fourth-order valence-corrected chi connectivity index (χ4v) is 1.84. The lowest BCUT2D eigenvalue weighted by Crippen LogP contribution is -2.01. The van der Waals surface area contributed by atoms with Gasteiger partial charge < -0.3 is 11.1 Å². The summed E-state index contributed by atoms with van der Waals surface area (Å²) in [6.07, 6.45) is 0. The average Bonchev–Trinajstić information content (AvgIpc) is 2.32. The number of pyridine rings is 1. The number of nitrogen functional groups attached to an aromatic ring is 1. The van der Waals surface area contributed by atoms with Crippen molar-refractivity contribution in [3.8, 4) is 0 Å². The number of rotatable bonds is 2. The highest BCUT2D eigenvalue weighted by atomic mass is 35.5. The summed E-state index contributed by atoms with van der Waals surface area (Å²) in [6.45, 7) is 1.66. The van der Waals surface area contributed by atoms with E-state index in [0.29, 0.717) is 22.1 Å². The molecule has 3 N–H and O–H groups in total. The predicted molar refractivity (Wildman–Crippen MR) is 73.1 cm³/mol. The first-order chi connectivity index (χ1) is 8.49. The van der Waals surface area contributed by atoms with Gasteiger partial charge in [-0.25, -0.2) is 9.37 Å². The number of nitrogens with one attached hydrogen (secondary N) is 1. The molecule has 0 saturated carbocycles. The van der Waals surface area contributed by atoms with E-state index in [1.165, 1.54) is 12.1 Å². The predicted octanol–water partition coefficient (Wildman–Crippen LogP) is 4.16. The lowest BCUT2D eigenvalue weighted by atomic mass is 10.2. The van der Waals surface area contributed by atoms with Gasteiger partial charge in [0, 0.05) is 11.3 Å². The van der Waals surface area contributed by atoms with Gasteiger partial charge in [0.2, 0.25) is 0 Å². The van der Waals surface area contributed by atoms with Crippen LogP contribution in [0, 0.1) is 12.7 Å². The summed E-state index contributed by atoms with van der Waals surface area (Å²) in [6, 6.07) is 6.19. The molecule has 6 heteroatoms. The molecular formula is C12H10Cl2FN3. The molecule has 0 aliphatic rings. The second-order valence-electron chi connectivity index (χ2n) is 3.72. The zero-order valence-corrected chi connectivity index (χ0v) is 11.0. The maximum Gasteiger partial charge on any atom is 0.151 e. The summed E-state index contributed by atoms with van der Waals surface area (Å²) in [5.74, 6) is 0.197. The van der Waals surface area contributed by atoms with Gasteiger partial charge in [-0.3, -0.25) is 0 Å². The number of nitrogens with zero attached hydrogens (tertiary/aromatic N) is 1. The Balaban J connectivity index is 2.40. The first-order valence-electron chi connectivity index (χ1n) is 5.12. The van der Waals surface area contributed by atoms with Crippen LogP contribution in [0.15, 0.2) is 24.3 Å². The molecule has 2 aromatic rings. The van der Waals surface area contributed by atoms with Gasteiger partial charge in [-0.1, -0.05) is 29.3 Å². The lowest BCUT2D eigenvalue weighted by molar-refractivity contribution is 0.619. The van der Waals surface area contributed by atoms with Crippen LogP contribution in [0.5, 0.6) is 0 Å². The van der Waals surface area contributed by atoms with Crippen molar-refractivity contribution in [3.63, 3.8) is 0 Å². The molecule has 0 fully saturated rings. The summed E-state index contributed by atoms with van der Waals surface area (Å²) in [7, 11) is 0. The van der Waals surface area contributed by atoms with Gasteiger partial charge in [0.05, 0.1) is 10.0 Å². The van der Waals surface area contributed by atoms with Gasteiger partial charge in [0.25, 0.3) is 0 Å². The van der Waals surface area contributed by atoms with Crippen LogP contribution in [0.2, 0.25) is 10.0 Å². The van der Waals surface area contributed by atoms with Crippen molar-refractivity contribution >= 4 is 40.5 Å². The molecule has 3 nitrogen and oxygen atoms in total. The molecule has 0 amide bonds. The van der Waals surface area contributed by atoms with Gasteiger partial charge in [0.1, 0.15) is 11.6 Å². The molecular weight excluding hydrogens is 276 g/mol. The Labute approximate surface area is 114 Å². The number of aromatic nitrogens is 1. The molecule has 0 spiro atoms. The van der Waals surface area contributed by atoms with Crippen LogP contribution in [-0.4, -0.2) is 4.98 Å². The molecule has 0 radical (unpaired) electrons. The minimum atomic E-state index is -0.307. The van der Waals surface area contributed by atoms with Crippen LogP contribution >= 0.6 is 23.2 Å². The van der Waals surface area contributed by atoms with Crippen molar-refractivity contribution < 1.29 is 4.39 Å². The largest absolute Gasteiger partial charge is 0.382 e. The Bertz CT molecular complexity index is 602. The fraction of sp³-hybridized carbons (Fsp3) is 0.0833. The Morgan fingerprint density at radius 2 is 2.00 bits per heavy atom. The van der Waals surface area contributed by atoms with Crippen LogP contribution in [0.1, 0.15) is 5.56 Å². The number of hydrogen-bond donors (Lipinski definition) is 2. The van der Waals surface area contributed by atoms with E-state index >= 15 is 0 Å². The molecule has 0 bridgehead atoms. The summed E-state index contributed by atoms with van der Waals surface area (Å²) in [4.78, 5) is 4.02. The molecule has 0 aliphatic carbocycles.